The predicted molar refractivity (Wildman–Crippen MR) is 123 cm³/mol. The number of hydrogen-bond donors (Lipinski definition) is 3. The van der Waals surface area contributed by atoms with Gasteiger partial charge in [0.1, 0.15) is 5.75 Å². The van der Waals surface area contributed by atoms with Crippen LogP contribution in [0.1, 0.15) is 46.0 Å². The number of hydrazine groups is 1. The molecule has 0 aliphatic rings. The quantitative estimate of drug-likeness (QED) is 0.313. The zero-order valence-corrected chi connectivity index (χ0v) is 19.6. The first kappa shape index (κ1) is 24.3. The van der Waals surface area contributed by atoms with Gasteiger partial charge in [-0.2, -0.15) is 0 Å². The van der Waals surface area contributed by atoms with Gasteiger partial charge in [0.2, 0.25) is 0 Å². The van der Waals surface area contributed by atoms with Crippen molar-refractivity contribution in [2.45, 2.75) is 19.8 Å². The summed E-state index contributed by atoms with van der Waals surface area (Å²) in [5.74, 6) is -0.588. The van der Waals surface area contributed by atoms with Gasteiger partial charge >= 0.3 is 5.97 Å². The molecule has 0 unspecified atom stereocenters. The van der Waals surface area contributed by atoms with Gasteiger partial charge in [0.15, 0.2) is 11.7 Å². The predicted octanol–water partition coefficient (Wildman–Crippen LogP) is 3.07. The maximum absolute atomic E-state index is 12.2. The number of amides is 2. The molecule has 164 valence electrons. The smallest absolute Gasteiger partial charge is 0.337 e. The molecule has 0 bridgehead atoms. The number of carbonyl (C=O) groups is 3. The molecule has 3 N–H and O–H groups in total. The normalized spacial score (nSPS) is 10.2. The van der Waals surface area contributed by atoms with Crippen molar-refractivity contribution in [2.75, 3.05) is 13.7 Å². The Kier molecular flexibility index (Phi) is 8.95. The molecular formula is C21H22BrN3O5S. The van der Waals surface area contributed by atoms with Crippen LogP contribution in [0, 0.1) is 0 Å². The van der Waals surface area contributed by atoms with E-state index in [1.165, 1.54) is 31.4 Å². The average molecular weight is 508 g/mol. The SMILES string of the molecule is COC(=O)c1ccc(C(=O)NC(=S)NNC(=O)COc2ccc(C(C)C)cc2Br)cc1. The summed E-state index contributed by atoms with van der Waals surface area (Å²) in [5.41, 5.74) is 6.52. The van der Waals surface area contributed by atoms with Gasteiger partial charge in [-0.3, -0.25) is 25.8 Å². The molecule has 0 atom stereocenters. The molecule has 8 nitrogen and oxygen atoms in total. The van der Waals surface area contributed by atoms with Gasteiger partial charge in [-0.1, -0.05) is 19.9 Å². The van der Waals surface area contributed by atoms with Gasteiger partial charge in [-0.15, -0.1) is 0 Å². The number of halogens is 1. The van der Waals surface area contributed by atoms with E-state index >= 15 is 0 Å². The highest BCUT2D eigenvalue weighted by atomic mass is 79.9. The topological polar surface area (TPSA) is 106 Å². The van der Waals surface area contributed by atoms with Crippen molar-refractivity contribution < 1.29 is 23.9 Å². The number of nitrogens with one attached hydrogen (secondary N) is 3. The number of carbonyl (C=O) groups excluding carboxylic acids is 3. The largest absolute Gasteiger partial charge is 0.483 e. The maximum Gasteiger partial charge on any atom is 0.337 e. The van der Waals surface area contributed by atoms with Crippen molar-refractivity contribution in [3.63, 3.8) is 0 Å². The Balaban J connectivity index is 1.78. The van der Waals surface area contributed by atoms with Crippen LogP contribution in [0.3, 0.4) is 0 Å². The van der Waals surface area contributed by atoms with Crippen LogP contribution in [0.2, 0.25) is 0 Å². The summed E-state index contributed by atoms with van der Waals surface area (Å²) in [7, 11) is 1.27. The lowest BCUT2D eigenvalue weighted by molar-refractivity contribution is -0.123. The summed E-state index contributed by atoms with van der Waals surface area (Å²) in [6.07, 6.45) is 0. The average Bonchev–Trinajstić information content (AvgIpc) is 2.76. The minimum atomic E-state index is -0.506. The van der Waals surface area contributed by atoms with Gasteiger partial charge in [-0.25, -0.2) is 4.79 Å². The first-order chi connectivity index (χ1) is 14.7. The molecule has 2 amide bonds. The van der Waals surface area contributed by atoms with Gasteiger partial charge in [0, 0.05) is 5.56 Å². The van der Waals surface area contributed by atoms with E-state index in [0.29, 0.717) is 17.2 Å². The third-order valence-electron chi connectivity index (χ3n) is 4.09. The molecule has 0 saturated heterocycles. The molecule has 10 heteroatoms. The van der Waals surface area contributed by atoms with E-state index < -0.39 is 17.8 Å². The summed E-state index contributed by atoms with van der Waals surface area (Å²) >= 11 is 8.42. The summed E-state index contributed by atoms with van der Waals surface area (Å²) in [6.45, 7) is 3.92. The van der Waals surface area contributed by atoms with E-state index in [4.69, 9.17) is 17.0 Å². The summed E-state index contributed by atoms with van der Waals surface area (Å²) < 4.78 is 10.8. The highest BCUT2D eigenvalue weighted by molar-refractivity contribution is 9.10. The standard InChI is InChI=1S/C21H22BrN3O5S/c1-12(2)15-8-9-17(16(22)10-15)30-11-18(26)24-25-21(31)23-19(27)13-4-6-14(7-5-13)20(28)29-3/h4-10,12H,11H2,1-3H3,(H,24,26)(H2,23,25,27,31). The van der Waals surface area contributed by atoms with Crippen LogP contribution in [0.5, 0.6) is 5.75 Å². The van der Waals surface area contributed by atoms with Crippen molar-refractivity contribution in [1.29, 1.82) is 0 Å². The Morgan fingerprint density at radius 3 is 2.26 bits per heavy atom. The van der Waals surface area contributed by atoms with Crippen LogP contribution in [0.25, 0.3) is 0 Å². The van der Waals surface area contributed by atoms with Gasteiger partial charge < -0.3 is 9.47 Å². The maximum atomic E-state index is 12.2. The minimum absolute atomic E-state index is 0.0992. The highest BCUT2D eigenvalue weighted by Crippen LogP contribution is 2.28. The van der Waals surface area contributed by atoms with Gasteiger partial charge in [0.05, 0.1) is 17.1 Å². The molecule has 0 saturated carbocycles. The Hall–Kier alpha value is -2.98. The molecule has 0 aromatic heterocycles. The lowest BCUT2D eigenvalue weighted by Gasteiger charge is -2.13. The van der Waals surface area contributed by atoms with Crippen LogP contribution < -0.4 is 20.9 Å². The van der Waals surface area contributed by atoms with Crippen molar-refractivity contribution in [3.8, 4) is 5.75 Å². The summed E-state index contributed by atoms with van der Waals surface area (Å²) in [4.78, 5) is 35.6. The molecule has 0 fully saturated rings. The van der Waals surface area contributed by atoms with E-state index in [1.807, 2.05) is 12.1 Å². The second-order valence-electron chi connectivity index (χ2n) is 6.66. The third kappa shape index (κ3) is 7.34. The van der Waals surface area contributed by atoms with Crippen molar-refractivity contribution in [2.24, 2.45) is 0 Å². The van der Waals surface area contributed by atoms with E-state index in [2.05, 4.69) is 50.7 Å². The number of methoxy groups -OCH3 is 1. The van der Waals surface area contributed by atoms with Crippen molar-refractivity contribution in [1.82, 2.24) is 16.2 Å². The molecule has 0 heterocycles. The first-order valence-electron chi connectivity index (χ1n) is 9.22. The second kappa shape index (κ2) is 11.4. The Morgan fingerprint density at radius 1 is 1.03 bits per heavy atom. The molecule has 0 aliphatic carbocycles. The van der Waals surface area contributed by atoms with E-state index in [1.54, 1.807) is 6.07 Å². The van der Waals surface area contributed by atoms with Gasteiger partial charge in [0.25, 0.3) is 11.8 Å². The number of thiocarbonyl (C=S) groups is 1. The van der Waals surface area contributed by atoms with Gasteiger partial charge in [-0.05, 0) is 76.0 Å². The van der Waals surface area contributed by atoms with E-state index in [-0.39, 0.29) is 17.3 Å². The van der Waals surface area contributed by atoms with Crippen LogP contribution in [-0.2, 0) is 9.53 Å². The lowest BCUT2D eigenvalue weighted by Crippen LogP contribution is -2.49. The number of esters is 1. The fourth-order valence-corrected chi connectivity index (χ4v) is 3.04. The molecule has 0 spiro atoms. The van der Waals surface area contributed by atoms with Crippen molar-refractivity contribution >= 4 is 51.0 Å². The summed E-state index contributed by atoms with van der Waals surface area (Å²) in [5, 5.41) is 2.32. The molecule has 31 heavy (non-hydrogen) atoms. The lowest BCUT2D eigenvalue weighted by atomic mass is 10.0. The monoisotopic (exact) mass is 507 g/mol. The Morgan fingerprint density at radius 2 is 1.68 bits per heavy atom. The zero-order valence-electron chi connectivity index (χ0n) is 17.2. The Bertz CT molecular complexity index is 979. The molecule has 0 aliphatic heterocycles. The molecular weight excluding hydrogens is 486 g/mol. The Labute approximate surface area is 193 Å². The van der Waals surface area contributed by atoms with Crippen molar-refractivity contribution in [3.05, 3.63) is 63.6 Å². The fraction of sp³-hybridized carbons (Fsp3) is 0.238. The number of rotatable bonds is 6. The van der Waals surface area contributed by atoms with E-state index in [0.717, 1.165) is 10.0 Å². The number of benzene rings is 2. The fourth-order valence-electron chi connectivity index (χ4n) is 2.38. The molecule has 2 aromatic rings. The first-order valence-corrected chi connectivity index (χ1v) is 10.4. The van der Waals surface area contributed by atoms with Crippen LogP contribution in [0.15, 0.2) is 46.9 Å². The highest BCUT2D eigenvalue weighted by Gasteiger charge is 2.12. The summed E-state index contributed by atoms with van der Waals surface area (Å²) in [6, 6.07) is 11.5. The second-order valence-corrected chi connectivity index (χ2v) is 7.92. The molecule has 2 rings (SSSR count). The number of ether oxygens (including phenoxy) is 2. The molecule has 2 aromatic carbocycles. The minimum Gasteiger partial charge on any atom is -0.483 e. The molecule has 0 radical (unpaired) electrons. The zero-order chi connectivity index (χ0) is 23.0. The van der Waals surface area contributed by atoms with Crippen LogP contribution in [0.4, 0.5) is 0 Å². The number of hydrogen-bond acceptors (Lipinski definition) is 6. The third-order valence-corrected chi connectivity index (χ3v) is 4.92. The van der Waals surface area contributed by atoms with Crippen LogP contribution in [-0.4, -0.2) is 36.6 Å². The van der Waals surface area contributed by atoms with Crippen LogP contribution >= 0.6 is 28.1 Å². The van der Waals surface area contributed by atoms with E-state index in [9.17, 15) is 14.4 Å².